The Hall–Kier alpha value is -2.01. The van der Waals surface area contributed by atoms with Crippen LogP contribution >= 0.6 is 15.9 Å². The zero-order valence-corrected chi connectivity index (χ0v) is 11.9. The number of nitrogens with two attached hydrogens (primary N) is 1. The zero-order valence-electron chi connectivity index (χ0n) is 10.3. The highest BCUT2D eigenvalue weighted by atomic mass is 79.9. The van der Waals surface area contributed by atoms with Gasteiger partial charge < -0.3 is 16.2 Å². The first-order valence-electron chi connectivity index (χ1n) is 5.63. The Morgan fingerprint density at radius 3 is 2.63 bits per heavy atom. The van der Waals surface area contributed by atoms with E-state index in [0.29, 0.717) is 11.3 Å². The summed E-state index contributed by atoms with van der Waals surface area (Å²) in [5.74, 6) is -0.399. The Morgan fingerprint density at radius 1 is 1.26 bits per heavy atom. The summed E-state index contributed by atoms with van der Waals surface area (Å²) >= 11 is 3.41. The fourth-order valence-corrected chi connectivity index (χ4v) is 1.94. The molecule has 0 spiro atoms. The molecule has 1 amide bonds. The third kappa shape index (κ3) is 3.06. The highest BCUT2D eigenvalue weighted by molar-refractivity contribution is 9.10. The molecule has 0 radical (unpaired) electrons. The number of rotatable bonds is 2. The van der Waals surface area contributed by atoms with Crippen LogP contribution in [0.15, 0.2) is 40.9 Å². The molecule has 0 unspecified atom stereocenters. The van der Waals surface area contributed by atoms with Crippen molar-refractivity contribution >= 4 is 33.2 Å². The maximum Gasteiger partial charge on any atom is 0.255 e. The molecule has 0 atom stereocenters. The van der Waals surface area contributed by atoms with E-state index in [0.717, 1.165) is 10.0 Å². The molecular weight excluding hydrogens is 308 g/mol. The van der Waals surface area contributed by atoms with Crippen molar-refractivity contribution in [1.29, 1.82) is 0 Å². The summed E-state index contributed by atoms with van der Waals surface area (Å²) < 4.78 is 0.922. The maximum atomic E-state index is 12.0. The fourth-order valence-electron chi connectivity index (χ4n) is 1.56. The molecule has 0 saturated carbocycles. The molecule has 2 aromatic rings. The minimum Gasteiger partial charge on any atom is -0.506 e. The summed E-state index contributed by atoms with van der Waals surface area (Å²) in [5, 5.41) is 12.2. The Morgan fingerprint density at radius 2 is 2.00 bits per heavy atom. The molecule has 0 bridgehead atoms. The van der Waals surface area contributed by atoms with Crippen LogP contribution in [-0.4, -0.2) is 11.0 Å². The lowest BCUT2D eigenvalue weighted by Crippen LogP contribution is -2.12. The average molecular weight is 321 g/mol. The van der Waals surface area contributed by atoms with Crippen LogP contribution in [-0.2, 0) is 0 Å². The average Bonchev–Trinajstić information content (AvgIpc) is 2.37. The van der Waals surface area contributed by atoms with Crippen LogP contribution in [0.2, 0.25) is 0 Å². The van der Waals surface area contributed by atoms with E-state index in [2.05, 4.69) is 21.2 Å². The summed E-state index contributed by atoms with van der Waals surface area (Å²) in [5.41, 5.74) is 7.85. The van der Waals surface area contributed by atoms with Crippen LogP contribution < -0.4 is 11.1 Å². The molecule has 4 N–H and O–H groups in total. The molecule has 0 fully saturated rings. The van der Waals surface area contributed by atoms with E-state index in [1.165, 1.54) is 12.1 Å². The predicted octanol–water partition coefficient (Wildman–Crippen LogP) is 3.30. The highest BCUT2D eigenvalue weighted by Gasteiger charge is 2.09. The van der Waals surface area contributed by atoms with Gasteiger partial charge in [0.25, 0.3) is 5.91 Å². The summed E-state index contributed by atoms with van der Waals surface area (Å²) in [7, 11) is 0. The van der Waals surface area contributed by atoms with Crippen LogP contribution in [0, 0.1) is 6.92 Å². The molecule has 4 nitrogen and oxygen atoms in total. The van der Waals surface area contributed by atoms with E-state index in [-0.39, 0.29) is 17.3 Å². The molecule has 98 valence electrons. The van der Waals surface area contributed by atoms with E-state index < -0.39 is 0 Å². The number of amides is 1. The number of phenolic OH excluding ortho intramolecular Hbond substituents is 1. The molecule has 0 aromatic heterocycles. The first-order chi connectivity index (χ1) is 8.97. The number of hydrogen-bond acceptors (Lipinski definition) is 3. The Kier molecular flexibility index (Phi) is 3.76. The monoisotopic (exact) mass is 320 g/mol. The number of carbonyl (C=O) groups excluding carboxylic acids is 1. The van der Waals surface area contributed by atoms with Crippen molar-refractivity contribution < 1.29 is 9.90 Å². The van der Waals surface area contributed by atoms with E-state index in [1.807, 2.05) is 25.1 Å². The quantitative estimate of drug-likeness (QED) is 0.587. The molecule has 2 rings (SSSR count). The number of nitrogens with one attached hydrogen (secondary N) is 1. The second-order valence-electron chi connectivity index (χ2n) is 4.19. The number of aryl methyl sites for hydroxylation is 1. The van der Waals surface area contributed by atoms with E-state index in [9.17, 15) is 9.90 Å². The van der Waals surface area contributed by atoms with E-state index in [1.54, 1.807) is 6.07 Å². The molecule has 0 heterocycles. The van der Waals surface area contributed by atoms with Gasteiger partial charge in [-0.25, -0.2) is 0 Å². The van der Waals surface area contributed by atoms with Crippen molar-refractivity contribution in [3.63, 3.8) is 0 Å². The van der Waals surface area contributed by atoms with Crippen molar-refractivity contribution in [3.8, 4) is 5.75 Å². The highest BCUT2D eigenvalue weighted by Crippen LogP contribution is 2.23. The standard InChI is InChI=1S/C14H13BrN2O2/c1-8-2-4-10(7-11(8)15)17-14(19)9-3-5-12(16)13(18)6-9/h2-7,18H,16H2,1H3,(H,17,19). The van der Waals surface area contributed by atoms with Crippen molar-refractivity contribution in [2.75, 3.05) is 11.1 Å². The van der Waals surface area contributed by atoms with Gasteiger partial charge in [0, 0.05) is 15.7 Å². The SMILES string of the molecule is Cc1ccc(NC(=O)c2ccc(N)c(O)c2)cc1Br. The summed E-state index contributed by atoms with van der Waals surface area (Å²) in [4.78, 5) is 12.0. The predicted molar refractivity (Wildman–Crippen MR) is 79.4 cm³/mol. The number of halogens is 1. The normalized spacial score (nSPS) is 10.2. The smallest absolute Gasteiger partial charge is 0.255 e. The van der Waals surface area contributed by atoms with Gasteiger partial charge in [-0.15, -0.1) is 0 Å². The van der Waals surface area contributed by atoms with Gasteiger partial charge in [0.1, 0.15) is 5.75 Å². The third-order valence-electron chi connectivity index (χ3n) is 2.72. The third-order valence-corrected chi connectivity index (χ3v) is 3.58. The topological polar surface area (TPSA) is 75.4 Å². The number of aromatic hydroxyl groups is 1. The fraction of sp³-hybridized carbons (Fsp3) is 0.0714. The molecule has 0 aliphatic rings. The maximum absolute atomic E-state index is 12.0. The van der Waals surface area contributed by atoms with Crippen LogP contribution in [0.3, 0.4) is 0 Å². The Labute approximate surface area is 119 Å². The summed E-state index contributed by atoms with van der Waals surface area (Å²) in [6.45, 7) is 1.97. The first kappa shape index (κ1) is 13.4. The zero-order chi connectivity index (χ0) is 14.0. The van der Waals surface area contributed by atoms with Crippen molar-refractivity contribution in [3.05, 3.63) is 52.0 Å². The molecule has 19 heavy (non-hydrogen) atoms. The lowest BCUT2D eigenvalue weighted by atomic mass is 10.1. The van der Waals surface area contributed by atoms with E-state index >= 15 is 0 Å². The largest absolute Gasteiger partial charge is 0.506 e. The van der Waals surface area contributed by atoms with Gasteiger partial charge in [-0.05, 0) is 42.8 Å². The molecule has 5 heteroatoms. The Balaban J connectivity index is 2.20. The lowest BCUT2D eigenvalue weighted by Gasteiger charge is -2.08. The second-order valence-corrected chi connectivity index (χ2v) is 5.05. The van der Waals surface area contributed by atoms with Crippen molar-refractivity contribution in [1.82, 2.24) is 0 Å². The van der Waals surface area contributed by atoms with Gasteiger partial charge in [0.15, 0.2) is 0 Å². The van der Waals surface area contributed by atoms with Gasteiger partial charge in [0.2, 0.25) is 0 Å². The Bertz CT molecular complexity index is 641. The van der Waals surface area contributed by atoms with Crippen molar-refractivity contribution in [2.24, 2.45) is 0 Å². The van der Waals surface area contributed by atoms with Crippen molar-refractivity contribution in [2.45, 2.75) is 6.92 Å². The molecule has 0 aliphatic heterocycles. The van der Waals surface area contributed by atoms with Crippen LogP contribution in [0.4, 0.5) is 11.4 Å². The molecule has 2 aromatic carbocycles. The van der Waals surface area contributed by atoms with Crippen LogP contribution in [0.25, 0.3) is 0 Å². The number of benzene rings is 2. The van der Waals surface area contributed by atoms with Crippen LogP contribution in [0.1, 0.15) is 15.9 Å². The number of nitrogen functional groups attached to an aromatic ring is 1. The number of carbonyl (C=O) groups is 1. The van der Waals surface area contributed by atoms with E-state index in [4.69, 9.17) is 5.73 Å². The van der Waals surface area contributed by atoms with Gasteiger partial charge in [-0.3, -0.25) is 4.79 Å². The summed E-state index contributed by atoms with van der Waals surface area (Å²) in [6, 6.07) is 9.94. The second kappa shape index (κ2) is 5.32. The van der Waals surface area contributed by atoms with Crippen LogP contribution in [0.5, 0.6) is 5.75 Å². The minimum absolute atomic E-state index is 0.0993. The first-order valence-corrected chi connectivity index (χ1v) is 6.42. The molecular formula is C14H13BrN2O2. The number of hydrogen-bond donors (Lipinski definition) is 3. The number of phenols is 1. The summed E-state index contributed by atoms with van der Waals surface area (Å²) in [6.07, 6.45) is 0. The minimum atomic E-state index is -0.300. The van der Waals surface area contributed by atoms with Gasteiger partial charge in [0.05, 0.1) is 5.69 Å². The molecule has 0 aliphatic carbocycles. The van der Waals surface area contributed by atoms with Gasteiger partial charge in [-0.2, -0.15) is 0 Å². The number of anilines is 2. The molecule has 0 saturated heterocycles. The van der Waals surface area contributed by atoms with Gasteiger partial charge in [-0.1, -0.05) is 22.0 Å². The lowest BCUT2D eigenvalue weighted by molar-refractivity contribution is 0.102. The van der Waals surface area contributed by atoms with Gasteiger partial charge >= 0.3 is 0 Å².